The first-order chi connectivity index (χ1) is 12.1. The number of nitrogens with two attached hydrogens (primary N) is 2. The summed E-state index contributed by atoms with van der Waals surface area (Å²) in [6.45, 7) is 0. The highest BCUT2D eigenvalue weighted by atomic mass is 16.1. The number of anilines is 1. The summed E-state index contributed by atoms with van der Waals surface area (Å²) in [7, 11) is 0. The first-order valence-electron chi connectivity index (χ1n) is 7.74. The Hall–Kier alpha value is -3.67. The molecule has 0 atom stereocenters. The van der Waals surface area contributed by atoms with Crippen LogP contribution in [0.5, 0.6) is 0 Å². The van der Waals surface area contributed by atoms with Crippen molar-refractivity contribution in [3.63, 3.8) is 0 Å². The number of amides is 1. The topological polar surface area (TPSA) is 99.3 Å². The smallest absolute Gasteiger partial charge is 0.253 e. The molecule has 4 aromatic rings. The maximum atomic E-state index is 11.7. The number of carbonyl (C=O) groups is 1. The Morgan fingerprint density at radius 2 is 1.48 bits per heavy atom. The second-order valence-corrected chi connectivity index (χ2v) is 5.62. The molecule has 0 saturated heterocycles. The normalized spacial score (nSPS) is 10.9. The number of nitrogens with zero attached hydrogens (tertiary/aromatic N) is 3. The molecular formula is C19H15N5O. The van der Waals surface area contributed by atoms with Crippen LogP contribution in [0.2, 0.25) is 0 Å². The SMILES string of the molecule is NC(=O)c1cn2c(-c3ccccc3)c(-c3ccccc3)nc2nc1N. The number of imidazole rings is 1. The van der Waals surface area contributed by atoms with Crippen molar-refractivity contribution in [1.82, 2.24) is 14.4 Å². The molecule has 2 aromatic heterocycles. The Bertz CT molecular complexity index is 1070. The lowest BCUT2D eigenvalue weighted by Crippen LogP contribution is -2.16. The summed E-state index contributed by atoms with van der Waals surface area (Å²) >= 11 is 0. The van der Waals surface area contributed by atoms with Gasteiger partial charge in [0.15, 0.2) is 0 Å². The average molecular weight is 329 g/mol. The van der Waals surface area contributed by atoms with Gasteiger partial charge in [-0.1, -0.05) is 60.7 Å². The van der Waals surface area contributed by atoms with Crippen molar-refractivity contribution in [3.05, 3.63) is 72.4 Å². The Morgan fingerprint density at radius 1 is 0.880 bits per heavy atom. The zero-order chi connectivity index (χ0) is 17.4. The van der Waals surface area contributed by atoms with E-state index >= 15 is 0 Å². The number of hydrogen-bond acceptors (Lipinski definition) is 4. The lowest BCUT2D eigenvalue weighted by Gasteiger charge is -2.07. The fourth-order valence-corrected chi connectivity index (χ4v) is 2.84. The fraction of sp³-hybridized carbons (Fsp3) is 0. The summed E-state index contributed by atoms with van der Waals surface area (Å²) in [5.74, 6) is -0.134. The second-order valence-electron chi connectivity index (χ2n) is 5.62. The number of primary amides is 1. The van der Waals surface area contributed by atoms with E-state index in [1.165, 1.54) is 0 Å². The molecule has 0 spiro atoms. The Kier molecular flexibility index (Phi) is 3.43. The Morgan fingerprint density at radius 3 is 2.08 bits per heavy atom. The lowest BCUT2D eigenvalue weighted by atomic mass is 10.0. The Labute approximate surface area is 143 Å². The van der Waals surface area contributed by atoms with Gasteiger partial charge in [-0.05, 0) is 0 Å². The number of nitrogen functional groups attached to an aromatic ring is 1. The van der Waals surface area contributed by atoms with E-state index < -0.39 is 5.91 Å². The molecule has 2 heterocycles. The molecule has 25 heavy (non-hydrogen) atoms. The maximum absolute atomic E-state index is 11.7. The van der Waals surface area contributed by atoms with Crippen LogP contribution in [0, 0.1) is 0 Å². The molecule has 6 heteroatoms. The fourth-order valence-electron chi connectivity index (χ4n) is 2.84. The van der Waals surface area contributed by atoms with Crippen LogP contribution in [0.25, 0.3) is 28.3 Å². The molecule has 4 rings (SSSR count). The average Bonchev–Trinajstić information content (AvgIpc) is 3.00. The molecule has 0 aliphatic rings. The summed E-state index contributed by atoms with van der Waals surface area (Å²) < 4.78 is 1.76. The number of carbonyl (C=O) groups excluding carboxylic acids is 1. The number of rotatable bonds is 3. The van der Waals surface area contributed by atoms with Crippen LogP contribution in [0.3, 0.4) is 0 Å². The van der Waals surface area contributed by atoms with Crippen LogP contribution in [-0.2, 0) is 0 Å². The molecule has 0 radical (unpaired) electrons. The van der Waals surface area contributed by atoms with E-state index in [1.54, 1.807) is 10.6 Å². The van der Waals surface area contributed by atoms with Gasteiger partial charge in [-0.2, -0.15) is 4.98 Å². The molecule has 4 N–H and O–H groups in total. The third-order valence-corrected chi connectivity index (χ3v) is 4.01. The molecule has 0 unspecified atom stereocenters. The van der Waals surface area contributed by atoms with Gasteiger partial charge in [0, 0.05) is 17.3 Å². The van der Waals surface area contributed by atoms with E-state index in [9.17, 15) is 4.79 Å². The van der Waals surface area contributed by atoms with Crippen LogP contribution < -0.4 is 11.5 Å². The van der Waals surface area contributed by atoms with E-state index in [0.29, 0.717) is 5.78 Å². The molecule has 122 valence electrons. The maximum Gasteiger partial charge on any atom is 0.253 e. The van der Waals surface area contributed by atoms with Crippen LogP contribution >= 0.6 is 0 Å². The quantitative estimate of drug-likeness (QED) is 0.603. The largest absolute Gasteiger partial charge is 0.383 e. The molecule has 0 aliphatic heterocycles. The monoisotopic (exact) mass is 329 g/mol. The molecule has 0 saturated carbocycles. The molecule has 1 amide bonds. The van der Waals surface area contributed by atoms with Crippen molar-refractivity contribution in [2.45, 2.75) is 0 Å². The number of hydrogen-bond donors (Lipinski definition) is 2. The van der Waals surface area contributed by atoms with Gasteiger partial charge >= 0.3 is 0 Å². The standard InChI is InChI=1S/C19H15N5O/c20-17-14(18(21)25)11-24-16(13-9-5-2-6-10-13)15(22-19(24)23-17)12-7-3-1-4-8-12/h1-11H,(H2,21,25)(H2,20,22,23). The minimum Gasteiger partial charge on any atom is -0.383 e. The highest BCUT2D eigenvalue weighted by molar-refractivity contribution is 5.97. The summed E-state index contributed by atoms with van der Waals surface area (Å²) in [4.78, 5) is 20.6. The molecule has 0 bridgehead atoms. The molecule has 2 aromatic carbocycles. The van der Waals surface area contributed by atoms with Crippen molar-refractivity contribution in [2.75, 3.05) is 5.73 Å². The van der Waals surface area contributed by atoms with Gasteiger partial charge < -0.3 is 11.5 Å². The number of benzene rings is 2. The van der Waals surface area contributed by atoms with E-state index in [-0.39, 0.29) is 11.4 Å². The van der Waals surface area contributed by atoms with Crippen molar-refractivity contribution < 1.29 is 4.79 Å². The summed E-state index contributed by atoms with van der Waals surface area (Å²) in [6, 6.07) is 19.6. The minimum absolute atomic E-state index is 0.0734. The van der Waals surface area contributed by atoms with Gasteiger partial charge in [0.2, 0.25) is 5.78 Å². The lowest BCUT2D eigenvalue weighted by molar-refractivity contribution is 0.100. The third kappa shape index (κ3) is 2.49. The summed E-state index contributed by atoms with van der Waals surface area (Å²) in [6.07, 6.45) is 1.60. The van der Waals surface area contributed by atoms with E-state index in [4.69, 9.17) is 11.5 Å². The van der Waals surface area contributed by atoms with Gasteiger partial charge in [0.25, 0.3) is 5.91 Å². The molecule has 0 aliphatic carbocycles. The van der Waals surface area contributed by atoms with Crippen molar-refractivity contribution in [2.24, 2.45) is 5.73 Å². The predicted molar refractivity (Wildman–Crippen MR) is 96.8 cm³/mol. The van der Waals surface area contributed by atoms with E-state index in [0.717, 1.165) is 22.5 Å². The van der Waals surface area contributed by atoms with Crippen molar-refractivity contribution in [3.8, 4) is 22.5 Å². The van der Waals surface area contributed by atoms with Crippen LogP contribution in [0.4, 0.5) is 5.82 Å². The predicted octanol–water partition coefficient (Wildman–Crippen LogP) is 2.74. The summed E-state index contributed by atoms with van der Waals surface area (Å²) in [5, 5.41) is 0. The number of fused-ring (bicyclic) bond motifs is 1. The van der Waals surface area contributed by atoms with Crippen LogP contribution in [0.15, 0.2) is 66.9 Å². The molecule has 6 nitrogen and oxygen atoms in total. The Balaban J connectivity index is 2.10. The third-order valence-electron chi connectivity index (χ3n) is 4.01. The van der Waals surface area contributed by atoms with Gasteiger partial charge in [0.1, 0.15) is 5.82 Å². The second kappa shape index (κ2) is 5.76. The van der Waals surface area contributed by atoms with E-state index in [2.05, 4.69) is 9.97 Å². The highest BCUT2D eigenvalue weighted by Gasteiger charge is 2.19. The first-order valence-corrected chi connectivity index (χ1v) is 7.74. The van der Waals surface area contributed by atoms with Crippen molar-refractivity contribution in [1.29, 1.82) is 0 Å². The van der Waals surface area contributed by atoms with Crippen LogP contribution in [-0.4, -0.2) is 20.3 Å². The number of aromatic nitrogens is 3. The van der Waals surface area contributed by atoms with Gasteiger partial charge in [0.05, 0.1) is 17.0 Å². The van der Waals surface area contributed by atoms with Gasteiger partial charge in [-0.25, -0.2) is 4.98 Å². The molecular weight excluding hydrogens is 314 g/mol. The van der Waals surface area contributed by atoms with E-state index in [1.807, 2.05) is 60.7 Å². The zero-order valence-corrected chi connectivity index (χ0v) is 13.3. The van der Waals surface area contributed by atoms with Gasteiger partial charge in [-0.15, -0.1) is 0 Å². The minimum atomic E-state index is -0.624. The first kappa shape index (κ1) is 14.9. The highest BCUT2D eigenvalue weighted by Crippen LogP contribution is 2.32. The van der Waals surface area contributed by atoms with Crippen LogP contribution in [0.1, 0.15) is 10.4 Å². The molecule has 0 fully saturated rings. The van der Waals surface area contributed by atoms with Gasteiger partial charge in [-0.3, -0.25) is 9.20 Å². The van der Waals surface area contributed by atoms with Crippen molar-refractivity contribution >= 4 is 17.5 Å². The zero-order valence-electron chi connectivity index (χ0n) is 13.3. The summed E-state index contributed by atoms with van der Waals surface area (Å²) in [5.41, 5.74) is 14.9.